The maximum atomic E-state index is 13.3. The van der Waals surface area contributed by atoms with Crippen LogP contribution >= 0.6 is 11.6 Å². The summed E-state index contributed by atoms with van der Waals surface area (Å²) in [6.45, 7) is 4.38. The summed E-state index contributed by atoms with van der Waals surface area (Å²) in [5, 5.41) is 27.5. The van der Waals surface area contributed by atoms with Crippen LogP contribution in [0, 0.1) is 5.92 Å². The third-order valence-electron chi connectivity index (χ3n) is 8.85. The van der Waals surface area contributed by atoms with Crippen molar-refractivity contribution in [2.75, 3.05) is 32.9 Å². The van der Waals surface area contributed by atoms with Gasteiger partial charge in [0.15, 0.2) is 5.60 Å². The lowest BCUT2D eigenvalue weighted by atomic mass is 10.1. The molecule has 11 nitrogen and oxygen atoms in total. The number of ether oxygens (including phenoxy) is 2. The molecule has 0 aliphatic rings. The van der Waals surface area contributed by atoms with E-state index in [9.17, 15) is 29.4 Å². The highest BCUT2D eigenvalue weighted by Crippen LogP contribution is 2.20. The lowest BCUT2D eigenvalue weighted by molar-refractivity contribution is -0.150. The SMILES string of the molecule is CCC=CCC=CCC=CCC=CCC=CCC=CCCC(=O)NC(CNC(=O)C(C)(C)Oc1ccc(CCNC(=O)c2ccc(Cl)cc2)cc1)C(=O)OCC(CO)CO. The Kier molecular flexibility index (Phi) is 26.1. The second-order valence-corrected chi connectivity index (χ2v) is 14.9. The number of allylic oxidation sites excluding steroid dienone is 12. The van der Waals surface area contributed by atoms with Crippen molar-refractivity contribution in [3.8, 4) is 5.75 Å². The Labute approximate surface area is 361 Å². The predicted octanol–water partition coefficient (Wildman–Crippen LogP) is 7.69. The van der Waals surface area contributed by atoms with Gasteiger partial charge in [0.25, 0.3) is 11.8 Å². The Morgan fingerprint density at radius 1 is 0.733 bits per heavy atom. The van der Waals surface area contributed by atoms with E-state index in [-0.39, 0.29) is 25.5 Å². The van der Waals surface area contributed by atoms with E-state index < -0.39 is 48.6 Å². The number of esters is 1. The number of hydrogen-bond acceptors (Lipinski definition) is 8. The van der Waals surface area contributed by atoms with E-state index in [1.807, 2.05) is 24.3 Å². The monoisotopic (exact) mass is 845 g/mol. The van der Waals surface area contributed by atoms with Gasteiger partial charge >= 0.3 is 5.97 Å². The maximum Gasteiger partial charge on any atom is 0.330 e. The highest BCUT2D eigenvalue weighted by Gasteiger charge is 2.32. The first-order valence-corrected chi connectivity index (χ1v) is 21.0. The number of hydrogen-bond donors (Lipinski definition) is 5. The number of halogens is 1. The Bertz CT molecular complexity index is 1740. The van der Waals surface area contributed by atoms with Crippen LogP contribution in [0.3, 0.4) is 0 Å². The van der Waals surface area contributed by atoms with Gasteiger partial charge in [-0.15, -0.1) is 0 Å². The van der Waals surface area contributed by atoms with Crippen LogP contribution in [0.2, 0.25) is 5.02 Å². The molecule has 2 aromatic rings. The minimum absolute atomic E-state index is 0.106. The van der Waals surface area contributed by atoms with Crippen LogP contribution in [0.4, 0.5) is 0 Å². The van der Waals surface area contributed by atoms with Gasteiger partial charge in [-0.05, 0) is 107 Å². The molecule has 60 heavy (non-hydrogen) atoms. The zero-order valence-corrected chi connectivity index (χ0v) is 36.1. The van der Waals surface area contributed by atoms with Crippen LogP contribution in [-0.2, 0) is 25.5 Å². The molecule has 2 aromatic carbocycles. The third-order valence-corrected chi connectivity index (χ3v) is 9.10. The Morgan fingerprint density at radius 2 is 1.27 bits per heavy atom. The number of aliphatic hydroxyl groups excluding tert-OH is 2. The van der Waals surface area contributed by atoms with Crippen molar-refractivity contribution in [1.29, 1.82) is 0 Å². The highest BCUT2D eigenvalue weighted by molar-refractivity contribution is 6.30. The summed E-state index contributed by atoms with van der Waals surface area (Å²) in [4.78, 5) is 51.5. The minimum atomic E-state index is -1.36. The zero-order valence-electron chi connectivity index (χ0n) is 35.3. The van der Waals surface area contributed by atoms with Gasteiger partial charge in [-0.3, -0.25) is 14.4 Å². The van der Waals surface area contributed by atoms with Crippen LogP contribution < -0.4 is 20.7 Å². The summed E-state index contributed by atoms with van der Waals surface area (Å²) in [5.74, 6) is -2.21. The molecular formula is C48H64ClN3O8. The standard InChI is InChI=1S/C48H64ClN3O8/c1-4-5-6-7-8-9-10-11-12-13-14-15-16-17-18-19-20-21-22-23-44(55)52-43(46(57)59-37-39(35-53)36-54)34-51-47(58)48(2,3)60-42-30-24-38(25-31-42)32-33-50-45(56)40-26-28-41(49)29-27-40/h5-6,8-9,11-12,14-15,17-18,20-21,24-31,39,43,53-54H,4,7,10,13,16,19,22-23,32-37H2,1-3H3,(H,50,56)(H,51,58)(H,52,55). The van der Waals surface area contributed by atoms with E-state index >= 15 is 0 Å². The van der Waals surface area contributed by atoms with E-state index in [1.165, 1.54) is 0 Å². The molecule has 12 heteroatoms. The van der Waals surface area contributed by atoms with Crippen molar-refractivity contribution in [3.63, 3.8) is 0 Å². The normalized spacial score (nSPS) is 12.7. The fourth-order valence-corrected chi connectivity index (χ4v) is 5.40. The first kappa shape index (κ1) is 50.9. The third kappa shape index (κ3) is 22.8. The average Bonchev–Trinajstić information content (AvgIpc) is 3.24. The second-order valence-electron chi connectivity index (χ2n) is 14.4. The van der Waals surface area contributed by atoms with Gasteiger partial charge in [0, 0.05) is 36.0 Å². The molecule has 3 amide bonds. The largest absolute Gasteiger partial charge is 0.478 e. The number of carbonyl (C=O) groups is 4. The number of aliphatic hydroxyl groups is 2. The summed E-state index contributed by atoms with van der Waals surface area (Å²) in [5.41, 5.74) is 0.105. The van der Waals surface area contributed by atoms with E-state index in [0.29, 0.717) is 35.7 Å². The van der Waals surface area contributed by atoms with Crippen molar-refractivity contribution in [1.82, 2.24) is 16.0 Å². The summed E-state index contributed by atoms with van der Waals surface area (Å²) in [6, 6.07) is 12.5. The van der Waals surface area contributed by atoms with Gasteiger partial charge < -0.3 is 35.6 Å². The van der Waals surface area contributed by atoms with Gasteiger partial charge in [0.2, 0.25) is 5.91 Å². The van der Waals surface area contributed by atoms with Crippen LogP contribution in [0.1, 0.15) is 88.1 Å². The summed E-state index contributed by atoms with van der Waals surface area (Å²) in [7, 11) is 0. The van der Waals surface area contributed by atoms with Crippen molar-refractivity contribution >= 4 is 35.3 Å². The van der Waals surface area contributed by atoms with E-state index in [1.54, 1.807) is 50.2 Å². The topological polar surface area (TPSA) is 163 Å². The fourth-order valence-electron chi connectivity index (χ4n) is 5.27. The molecule has 2 rings (SSSR count). The van der Waals surface area contributed by atoms with Crippen LogP contribution in [0.5, 0.6) is 5.75 Å². The van der Waals surface area contributed by atoms with Crippen LogP contribution in [0.15, 0.2) is 121 Å². The van der Waals surface area contributed by atoms with Gasteiger partial charge in [-0.1, -0.05) is 104 Å². The number of benzene rings is 2. The van der Waals surface area contributed by atoms with E-state index in [4.69, 9.17) is 21.1 Å². The molecule has 0 heterocycles. The molecule has 0 aliphatic carbocycles. The minimum Gasteiger partial charge on any atom is -0.478 e. The van der Waals surface area contributed by atoms with Gasteiger partial charge in [-0.2, -0.15) is 0 Å². The summed E-state index contributed by atoms with van der Waals surface area (Å²) >= 11 is 5.90. The second kappa shape index (κ2) is 30.8. The molecule has 0 spiro atoms. The number of amides is 3. The molecule has 1 atom stereocenters. The maximum absolute atomic E-state index is 13.3. The molecule has 0 aromatic heterocycles. The van der Waals surface area contributed by atoms with Crippen LogP contribution in [-0.4, -0.2) is 78.5 Å². The number of rotatable bonds is 29. The number of carbonyl (C=O) groups excluding carboxylic acids is 4. The van der Waals surface area contributed by atoms with Crippen molar-refractivity contribution in [2.45, 2.75) is 90.2 Å². The first-order valence-electron chi connectivity index (χ1n) is 20.7. The Balaban J connectivity index is 1.80. The smallest absolute Gasteiger partial charge is 0.330 e. The summed E-state index contributed by atoms with van der Waals surface area (Å²) in [6.07, 6.45) is 31.9. The Hall–Kier alpha value is -5.23. The van der Waals surface area contributed by atoms with Gasteiger partial charge in [-0.25, -0.2) is 4.79 Å². The lowest BCUT2D eigenvalue weighted by Gasteiger charge is -2.27. The van der Waals surface area contributed by atoms with Crippen LogP contribution in [0.25, 0.3) is 0 Å². The molecular weight excluding hydrogens is 782 g/mol. The van der Waals surface area contributed by atoms with Gasteiger partial charge in [0.05, 0.1) is 19.8 Å². The van der Waals surface area contributed by atoms with Crippen molar-refractivity contribution in [3.05, 3.63) is 138 Å². The Morgan fingerprint density at radius 3 is 1.80 bits per heavy atom. The molecule has 0 saturated heterocycles. The zero-order chi connectivity index (χ0) is 43.9. The van der Waals surface area contributed by atoms with E-state index in [0.717, 1.165) is 44.1 Å². The summed E-state index contributed by atoms with van der Waals surface area (Å²) < 4.78 is 11.3. The average molecular weight is 847 g/mol. The first-order chi connectivity index (χ1) is 29.0. The fraction of sp³-hybridized carbons (Fsp3) is 0.417. The quantitative estimate of drug-likeness (QED) is 0.0411. The van der Waals surface area contributed by atoms with Crippen molar-refractivity contribution < 1.29 is 38.9 Å². The molecule has 0 bridgehead atoms. The molecule has 0 saturated carbocycles. The van der Waals surface area contributed by atoms with E-state index in [2.05, 4.69) is 83.6 Å². The molecule has 0 radical (unpaired) electrons. The molecule has 0 aliphatic heterocycles. The molecule has 0 fully saturated rings. The molecule has 326 valence electrons. The lowest BCUT2D eigenvalue weighted by Crippen LogP contribution is -2.54. The van der Waals surface area contributed by atoms with Gasteiger partial charge in [0.1, 0.15) is 11.8 Å². The molecule has 1 unspecified atom stereocenters. The van der Waals surface area contributed by atoms with Crippen molar-refractivity contribution in [2.24, 2.45) is 5.92 Å². The highest BCUT2D eigenvalue weighted by atomic mass is 35.5. The predicted molar refractivity (Wildman–Crippen MR) is 240 cm³/mol. The molecule has 5 N–H and O–H groups in total. The number of nitrogens with one attached hydrogen (secondary N) is 3.